The van der Waals surface area contributed by atoms with Gasteiger partial charge < -0.3 is 9.80 Å². The number of amides is 2. The van der Waals surface area contributed by atoms with Gasteiger partial charge in [0.2, 0.25) is 11.8 Å². The van der Waals surface area contributed by atoms with Gasteiger partial charge in [0.25, 0.3) is 0 Å². The Hall–Kier alpha value is -1.11. The lowest BCUT2D eigenvalue weighted by Gasteiger charge is -2.27. The molecule has 1 aliphatic heterocycles. The number of unbranched alkanes of at least 4 members (excludes halogenated alkanes) is 2. The van der Waals surface area contributed by atoms with Gasteiger partial charge in [0.15, 0.2) is 9.84 Å². The zero-order chi connectivity index (χ0) is 16.0. The zero-order valence-electron chi connectivity index (χ0n) is 13.2. The average Bonchev–Trinajstić information content (AvgIpc) is 2.76. The highest BCUT2D eigenvalue weighted by Crippen LogP contribution is 2.16. The second-order valence-electron chi connectivity index (χ2n) is 5.71. The molecule has 0 saturated carbocycles. The first-order valence-electron chi connectivity index (χ1n) is 7.48. The fourth-order valence-electron chi connectivity index (χ4n) is 2.46. The van der Waals surface area contributed by atoms with Crippen molar-refractivity contribution in [1.82, 2.24) is 9.80 Å². The van der Waals surface area contributed by atoms with Gasteiger partial charge in [-0.3, -0.25) is 9.59 Å². The molecule has 1 unspecified atom stereocenters. The Morgan fingerprint density at radius 3 is 2.38 bits per heavy atom. The molecule has 0 bridgehead atoms. The minimum Gasteiger partial charge on any atom is -0.340 e. The lowest BCUT2D eigenvalue weighted by atomic mass is 10.2. The maximum Gasteiger partial charge on any atom is 0.242 e. The first kappa shape index (κ1) is 17.9. The van der Waals surface area contributed by atoms with Crippen molar-refractivity contribution in [3.63, 3.8) is 0 Å². The molecule has 1 atom stereocenters. The predicted octanol–water partition coefficient (Wildman–Crippen LogP) is 0.671. The second-order valence-corrected chi connectivity index (χ2v) is 7.94. The van der Waals surface area contributed by atoms with E-state index in [-0.39, 0.29) is 35.9 Å². The largest absolute Gasteiger partial charge is 0.340 e. The van der Waals surface area contributed by atoms with Crippen molar-refractivity contribution in [2.45, 2.75) is 45.6 Å². The van der Waals surface area contributed by atoms with Crippen molar-refractivity contribution >= 4 is 21.7 Å². The minimum atomic E-state index is -3.01. The van der Waals surface area contributed by atoms with E-state index in [4.69, 9.17) is 0 Å². The molecule has 0 aromatic rings. The van der Waals surface area contributed by atoms with E-state index in [1.807, 2.05) is 0 Å². The molecule has 0 spiro atoms. The fraction of sp³-hybridized carbons (Fsp3) is 0.857. The highest BCUT2D eigenvalue weighted by molar-refractivity contribution is 7.91. The number of hydrogen-bond acceptors (Lipinski definition) is 4. The highest BCUT2D eigenvalue weighted by Gasteiger charge is 2.33. The molecule has 1 aliphatic rings. The minimum absolute atomic E-state index is 0.0329. The molecule has 6 nitrogen and oxygen atoms in total. The molecule has 1 fully saturated rings. The Morgan fingerprint density at radius 2 is 1.90 bits per heavy atom. The first-order valence-corrected chi connectivity index (χ1v) is 9.30. The summed E-state index contributed by atoms with van der Waals surface area (Å²) in [5.41, 5.74) is 0. The lowest BCUT2D eigenvalue weighted by Crippen LogP contribution is -2.45. The summed E-state index contributed by atoms with van der Waals surface area (Å²) >= 11 is 0. The van der Waals surface area contributed by atoms with E-state index in [9.17, 15) is 18.0 Å². The van der Waals surface area contributed by atoms with E-state index in [2.05, 4.69) is 6.92 Å². The highest BCUT2D eigenvalue weighted by atomic mass is 32.2. The summed E-state index contributed by atoms with van der Waals surface area (Å²) < 4.78 is 22.9. The molecule has 2 amide bonds. The molecule has 0 N–H and O–H groups in total. The van der Waals surface area contributed by atoms with Crippen LogP contribution in [0.2, 0.25) is 0 Å². The number of carbonyl (C=O) groups is 2. The van der Waals surface area contributed by atoms with E-state index >= 15 is 0 Å². The Balaban J connectivity index is 2.54. The Labute approximate surface area is 127 Å². The van der Waals surface area contributed by atoms with Crippen LogP contribution in [0, 0.1) is 0 Å². The summed E-state index contributed by atoms with van der Waals surface area (Å²) in [5.74, 6) is -0.136. The van der Waals surface area contributed by atoms with Gasteiger partial charge in [-0.05, 0) is 12.8 Å². The summed E-state index contributed by atoms with van der Waals surface area (Å²) in [6.45, 7) is 4.15. The monoisotopic (exact) mass is 318 g/mol. The van der Waals surface area contributed by atoms with Gasteiger partial charge in [0.05, 0.1) is 18.1 Å². The van der Waals surface area contributed by atoms with E-state index in [1.54, 1.807) is 7.05 Å². The third-order valence-corrected chi connectivity index (χ3v) is 5.70. The average molecular weight is 318 g/mol. The maximum absolute atomic E-state index is 12.2. The number of hydrogen-bond donors (Lipinski definition) is 0. The van der Waals surface area contributed by atoms with Crippen molar-refractivity contribution < 1.29 is 18.0 Å². The van der Waals surface area contributed by atoms with Crippen LogP contribution < -0.4 is 0 Å². The molecular weight excluding hydrogens is 292 g/mol. The molecule has 0 aromatic carbocycles. The normalized spacial score (nSPS) is 20.2. The van der Waals surface area contributed by atoms with E-state index < -0.39 is 9.84 Å². The Morgan fingerprint density at radius 1 is 1.24 bits per heavy atom. The van der Waals surface area contributed by atoms with Crippen LogP contribution >= 0.6 is 0 Å². The summed E-state index contributed by atoms with van der Waals surface area (Å²) in [7, 11) is -1.39. The third-order valence-electron chi connectivity index (χ3n) is 3.95. The van der Waals surface area contributed by atoms with Gasteiger partial charge in [-0.25, -0.2) is 8.42 Å². The van der Waals surface area contributed by atoms with Gasteiger partial charge in [-0.2, -0.15) is 0 Å². The molecule has 0 aliphatic carbocycles. The molecular formula is C14H26N2O4S. The van der Waals surface area contributed by atoms with Crippen LogP contribution in [0.15, 0.2) is 0 Å². The Kier molecular flexibility index (Phi) is 6.64. The van der Waals surface area contributed by atoms with Crippen LogP contribution in [-0.4, -0.2) is 67.7 Å². The quantitative estimate of drug-likeness (QED) is 0.647. The Bertz CT molecular complexity index is 475. The molecule has 1 saturated heterocycles. The van der Waals surface area contributed by atoms with Crippen molar-refractivity contribution in [3.05, 3.63) is 0 Å². The second kappa shape index (κ2) is 7.77. The van der Waals surface area contributed by atoms with Crippen molar-refractivity contribution in [1.29, 1.82) is 0 Å². The van der Waals surface area contributed by atoms with E-state index in [0.29, 0.717) is 13.0 Å². The smallest absolute Gasteiger partial charge is 0.242 e. The third kappa shape index (κ3) is 5.65. The first-order chi connectivity index (χ1) is 9.76. The van der Waals surface area contributed by atoms with Crippen LogP contribution in [-0.2, 0) is 19.4 Å². The van der Waals surface area contributed by atoms with Gasteiger partial charge in [-0.15, -0.1) is 0 Å². The number of nitrogens with zero attached hydrogens (tertiary/aromatic N) is 2. The molecule has 0 radical (unpaired) electrons. The molecule has 1 heterocycles. The van der Waals surface area contributed by atoms with Crippen LogP contribution in [0.4, 0.5) is 0 Å². The molecule has 122 valence electrons. The molecule has 7 heteroatoms. The number of carbonyl (C=O) groups excluding carboxylic acids is 2. The number of rotatable bonds is 7. The number of likely N-dealkylation sites (N-methyl/N-ethyl adjacent to an activating group) is 1. The summed E-state index contributed by atoms with van der Waals surface area (Å²) in [6, 6.07) is -0.257. The predicted molar refractivity (Wildman–Crippen MR) is 81.6 cm³/mol. The van der Waals surface area contributed by atoms with Crippen LogP contribution in [0.3, 0.4) is 0 Å². The van der Waals surface area contributed by atoms with Gasteiger partial charge in [0.1, 0.15) is 0 Å². The van der Waals surface area contributed by atoms with Crippen LogP contribution in [0.1, 0.15) is 39.5 Å². The topological polar surface area (TPSA) is 74.8 Å². The summed E-state index contributed by atoms with van der Waals surface area (Å²) in [6.07, 6.45) is 3.44. The zero-order valence-corrected chi connectivity index (χ0v) is 14.0. The van der Waals surface area contributed by atoms with Gasteiger partial charge in [0, 0.05) is 26.6 Å². The number of sulfone groups is 1. The lowest BCUT2D eigenvalue weighted by molar-refractivity contribution is -0.139. The fourth-order valence-corrected chi connectivity index (χ4v) is 4.23. The van der Waals surface area contributed by atoms with E-state index in [1.165, 1.54) is 16.7 Å². The van der Waals surface area contributed by atoms with Crippen molar-refractivity contribution in [2.24, 2.45) is 0 Å². The van der Waals surface area contributed by atoms with Crippen molar-refractivity contribution in [3.8, 4) is 0 Å². The van der Waals surface area contributed by atoms with Crippen LogP contribution in [0.5, 0.6) is 0 Å². The molecule has 21 heavy (non-hydrogen) atoms. The van der Waals surface area contributed by atoms with Gasteiger partial charge >= 0.3 is 0 Å². The standard InChI is InChI=1S/C14H26N2O4S/c1-4-5-6-8-16(12(2)17)10-14(18)15(3)13-7-9-21(19,20)11-13/h13H,4-11H2,1-3H3. The maximum atomic E-state index is 12.2. The molecule has 1 rings (SSSR count). The van der Waals surface area contributed by atoms with Crippen LogP contribution in [0.25, 0.3) is 0 Å². The summed E-state index contributed by atoms with van der Waals surface area (Å²) in [4.78, 5) is 26.8. The molecule has 0 aromatic heterocycles. The SMILES string of the molecule is CCCCCN(CC(=O)N(C)C1CCS(=O)(=O)C1)C(C)=O. The van der Waals surface area contributed by atoms with Gasteiger partial charge in [-0.1, -0.05) is 19.8 Å². The summed E-state index contributed by atoms with van der Waals surface area (Å²) in [5, 5.41) is 0. The van der Waals surface area contributed by atoms with E-state index in [0.717, 1.165) is 19.3 Å². The van der Waals surface area contributed by atoms with Crippen molar-refractivity contribution in [2.75, 3.05) is 31.6 Å².